The van der Waals surface area contributed by atoms with Crippen LogP contribution in [0, 0.1) is 5.92 Å². The van der Waals surface area contributed by atoms with Gasteiger partial charge in [-0.05, 0) is 79.1 Å². The summed E-state index contributed by atoms with van der Waals surface area (Å²) in [6, 6.07) is 35.4. The molecule has 0 spiro atoms. The van der Waals surface area contributed by atoms with Crippen LogP contribution in [-0.4, -0.2) is 36.6 Å². The molecule has 6 rings (SSSR count). The number of fused-ring (bicyclic) bond motifs is 1. The van der Waals surface area contributed by atoms with Crippen molar-refractivity contribution in [3.8, 4) is 11.5 Å². The molecule has 45 heavy (non-hydrogen) atoms. The highest BCUT2D eigenvalue weighted by Gasteiger charge is 2.22. The molecule has 0 bridgehead atoms. The normalized spacial score (nSPS) is 16.3. The lowest BCUT2D eigenvalue weighted by molar-refractivity contribution is 0.289. The quantitative estimate of drug-likeness (QED) is 0.144. The van der Waals surface area contributed by atoms with E-state index in [1.807, 2.05) is 68.7 Å². The highest BCUT2D eigenvalue weighted by Crippen LogP contribution is 2.29. The van der Waals surface area contributed by atoms with Gasteiger partial charge in [0.15, 0.2) is 0 Å². The lowest BCUT2D eigenvalue weighted by atomic mass is 9.86. The molecule has 0 saturated heterocycles. The zero-order valence-electron chi connectivity index (χ0n) is 26.3. The second-order valence-corrected chi connectivity index (χ2v) is 12.1. The summed E-state index contributed by atoms with van der Waals surface area (Å²) in [6.07, 6.45) is 4.56. The number of aromatic nitrogens is 2. The van der Waals surface area contributed by atoms with Gasteiger partial charge in [0.25, 0.3) is 0 Å². The number of hydrogen-bond acceptors (Lipinski definition) is 7. The number of ether oxygens (including phenoxy) is 2. The fraction of sp³-hybridized carbons (Fsp3) is 0.316. The molecule has 1 fully saturated rings. The molecule has 1 aromatic heterocycles. The van der Waals surface area contributed by atoms with Crippen LogP contribution in [-0.2, 0) is 19.8 Å². The third-order valence-electron chi connectivity index (χ3n) is 8.39. The molecule has 0 aliphatic heterocycles. The first-order chi connectivity index (χ1) is 22.1. The van der Waals surface area contributed by atoms with Crippen LogP contribution in [0.15, 0.2) is 103 Å². The van der Waals surface area contributed by atoms with E-state index in [2.05, 4.69) is 64.1 Å². The maximum atomic E-state index is 6.20. The van der Waals surface area contributed by atoms with Gasteiger partial charge in [-0.25, -0.2) is 4.98 Å². The Balaban J connectivity index is 1.02. The number of nitrogens with one attached hydrogen (secondary N) is 2. The standard InChI is InChI=1S/C38H43N5O2/c1-43(2)37-35-15-9-10-16-36(35)41-38(42-37)40-32-19-17-28(18-20-32)24-39-25-31-21-33(44-26-29-11-5-3-6-12-29)23-34(22-31)45-27-30-13-7-4-8-14-30/h3-16,21-23,28,32,39H,17-20,24-27H2,1-2H3,(H,40,41,42). The van der Waals surface area contributed by atoms with Gasteiger partial charge in [-0.3, -0.25) is 0 Å². The summed E-state index contributed by atoms with van der Waals surface area (Å²) in [5.41, 5.74) is 4.41. The monoisotopic (exact) mass is 601 g/mol. The van der Waals surface area contributed by atoms with Crippen molar-refractivity contribution in [2.75, 3.05) is 30.9 Å². The summed E-state index contributed by atoms with van der Waals surface area (Å²) in [4.78, 5) is 11.7. The molecule has 1 aliphatic carbocycles. The van der Waals surface area contributed by atoms with Gasteiger partial charge in [-0.15, -0.1) is 0 Å². The Morgan fingerprint density at radius 1 is 0.689 bits per heavy atom. The summed E-state index contributed by atoms with van der Waals surface area (Å²) in [7, 11) is 4.06. The molecule has 1 saturated carbocycles. The third-order valence-corrected chi connectivity index (χ3v) is 8.39. The van der Waals surface area contributed by atoms with Gasteiger partial charge in [0, 0.05) is 38.1 Å². The van der Waals surface area contributed by atoms with Crippen molar-refractivity contribution in [3.05, 3.63) is 120 Å². The molecule has 0 unspecified atom stereocenters. The SMILES string of the molecule is CN(C)c1nc(NC2CCC(CNCc3cc(OCc4ccccc4)cc(OCc4ccccc4)c3)CC2)nc2ccccc12. The Bertz CT molecular complexity index is 1590. The van der Waals surface area contributed by atoms with E-state index in [1.54, 1.807) is 0 Å². The molecular weight excluding hydrogens is 558 g/mol. The molecule has 7 nitrogen and oxygen atoms in total. The highest BCUT2D eigenvalue weighted by atomic mass is 16.5. The topological polar surface area (TPSA) is 71.5 Å². The Morgan fingerprint density at radius 2 is 1.29 bits per heavy atom. The van der Waals surface area contributed by atoms with E-state index in [-0.39, 0.29) is 0 Å². The molecule has 0 radical (unpaired) electrons. The van der Waals surface area contributed by atoms with Crippen molar-refractivity contribution < 1.29 is 9.47 Å². The first-order valence-corrected chi connectivity index (χ1v) is 16.0. The van der Waals surface area contributed by atoms with E-state index in [0.717, 1.165) is 76.8 Å². The lowest BCUT2D eigenvalue weighted by Gasteiger charge is -2.29. The first kappa shape index (κ1) is 30.4. The van der Waals surface area contributed by atoms with Crippen LogP contribution in [0.2, 0.25) is 0 Å². The molecule has 5 aromatic rings. The first-order valence-electron chi connectivity index (χ1n) is 16.0. The highest BCUT2D eigenvalue weighted by molar-refractivity contribution is 5.90. The van der Waals surface area contributed by atoms with Gasteiger partial charge in [0.05, 0.1) is 5.52 Å². The Morgan fingerprint density at radius 3 is 1.91 bits per heavy atom. The summed E-state index contributed by atoms with van der Waals surface area (Å²) in [5.74, 6) is 3.95. The maximum absolute atomic E-state index is 6.20. The van der Waals surface area contributed by atoms with Gasteiger partial charge in [-0.1, -0.05) is 72.8 Å². The molecule has 1 aliphatic rings. The van der Waals surface area contributed by atoms with Gasteiger partial charge in [-0.2, -0.15) is 4.98 Å². The summed E-state index contributed by atoms with van der Waals surface area (Å²) >= 11 is 0. The second-order valence-electron chi connectivity index (χ2n) is 12.1. The molecule has 2 N–H and O–H groups in total. The number of anilines is 2. The van der Waals surface area contributed by atoms with Crippen LogP contribution in [0.4, 0.5) is 11.8 Å². The minimum absolute atomic E-state index is 0.389. The zero-order valence-corrected chi connectivity index (χ0v) is 26.3. The van der Waals surface area contributed by atoms with Gasteiger partial charge in [0.2, 0.25) is 5.95 Å². The minimum Gasteiger partial charge on any atom is -0.489 e. The molecule has 0 amide bonds. The van der Waals surface area contributed by atoms with Crippen LogP contribution in [0.1, 0.15) is 42.4 Å². The van der Waals surface area contributed by atoms with Crippen LogP contribution in [0.5, 0.6) is 11.5 Å². The largest absolute Gasteiger partial charge is 0.489 e. The average molecular weight is 602 g/mol. The van der Waals surface area contributed by atoms with E-state index in [4.69, 9.17) is 19.4 Å². The van der Waals surface area contributed by atoms with Crippen LogP contribution in [0.25, 0.3) is 10.9 Å². The summed E-state index contributed by atoms with van der Waals surface area (Å²) in [5, 5.41) is 8.42. The lowest BCUT2D eigenvalue weighted by Crippen LogP contribution is -2.31. The van der Waals surface area contributed by atoms with Crippen molar-refractivity contribution in [2.24, 2.45) is 5.92 Å². The van der Waals surface area contributed by atoms with E-state index in [9.17, 15) is 0 Å². The fourth-order valence-electron chi connectivity index (χ4n) is 5.96. The van der Waals surface area contributed by atoms with Crippen molar-refractivity contribution >= 4 is 22.7 Å². The Kier molecular flexibility index (Phi) is 10.1. The van der Waals surface area contributed by atoms with E-state index < -0.39 is 0 Å². The zero-order chi connectivity index (χ0) is 30.8. The van der Waals surface area contributed by atoms with E-state index >= 15 is 0 Å². The predicted octanol–water partition coefficient (Wildman–Crippen LogP) is 7.61. The van der Waals surface area contributed by atoms with Crippen molar-refractivity contribution in [3.63, 3.8) is 0 Å². The van der Waals surface area contributed by atoms with Crippen molar-refractivity contribution in [1.29, 1.82) is 0 Å². The Labute approximate surface area is 266 Å². The van der Waals surface area contributed by atoms with Gasteiger partial charge < -0.3 is 25.0 Å². The number of benzene rings is 4. The fourth-order valence-corrected chi connectivity index (χ4v) is 5.96. The molecular formula is C38H43N5O2. The van der Waals surface area contributed by atoms with Gasteiger partial charge in [0.1, 0.15) is 30.5 Å². The minimum atomic E-state index is 0.389. The van der Waals surface area contributed by atoms with Crippen LogP contribution >= 0.6 is 0 Å². The molecule has 4 aromatic carbocycles. The van der Waals surface area contributed by atoms with Crippen LogP contribution in [0.3, 0.4) is 0 Å². The van der Waals surface area contributed by atoms with Crippen molar-refractivity contribution in [2.45, 2.75) is 51.5 Å². The van der Waals surface area contributed by atoms with Crippen molar-refractivity contribution in [1.82, 2.24) is 15.3 Å². The number of rotatable bonds is 13. The van der Waals surface area contributed by atoms with E-state index in [1.165, 1.54) is 12.8 Å². The molecule has 7 heteroatoms. The summed E-state index contributed by atoms with van der Waals surface area (Å²) < 4.78 is 12.4. The number of para-hydroxylation sites is 1. The smallest absolute Gasteiger partial charge is 0.225 e. The molecule has 232 valence electrons. The van der Waals surface area contributed by atoms with Crippen LogP contribution < -0.4 is 25.0 Å². The number of hydrogen-bond donors (Lipinski definition) is 2. The summed E-state index contributed by atoms with van der Waals surface area (Å²) in [6.45, 7) is 2.79. The molecule has 0 atom stereocenters. The average Bonchev–Trinajstić information content (AvgIpc) is 3.08. The molecule has 1 heterocycles. The predicted molar refractivity (Wildman–Crippen MR) is 183 cm³/mol. The number of nitrogens with zero attached hydrogens (tertiary/aromatic N) is 3. The maximum Gasteiger partial charge on any atom is 0.225 e. The van der Waals surface area contributed by atoms with Gasteiger partial charge >= 0.3 is 0 Å². The van der Waals surface area contributed by atoms with E-state index in [0.29, 0.717) is 25.2 Å². The third kappa shape index (κ3) is 8.52. The second kappa shape index (κ2) is 14.9. The Hall–Kier alpha value is -4.62.